The summed E-state index contributed by atoms with van der Waals surface area (Å²) in [6.45, 7) is 16.8. The molecule has 20 heavy (non-hydrogen) atoms. The van der Waals surface area contributed by atoms with E-state index < -0.39 is 0 Å². The third-order valence-corrected chi connectivity index (χ3v) is 3.93. The first kappa shape index (κ1) is 17.0. The fraction of sp³-hybridized carbons (Fsp3) is 0.667. The number of hydrogen-bond donors (Lipinski definition) is 1. The van der Waals surface area contributed by atoms with Crippen molar-refractivity contribution in [3.05, 3.63) is 29.8 Å². The van der Waals surface area contributed by atoms with Gasteiger partial charge in [-0.05, 0) is 43.9 Å². The molecule has 0 bridgehead atoms. The molecule has 114 valence electrons. The third kappa shape index (κ3) is 4.82. The molecule has 2 heteroatoms. The monoisotopic (exact) mass is 276 g/mol. The van der Waals surface area contributed by atoms with E-state index in [4.69, 9.17) is 0 Å². The second kappa shape index (κ2) is 7.68. The molecule has 0 amide bonds. The van der Waals surface area contributed by atoms with Gasteiger partial charge in [0.1, 0.15) is 0 Å². The molecule has 1 rings (SSSR count). The van der Waals surface area contributed by atoms with Crippen LogP contribution in [0.5, 0.6) is 0 Å². The topological polar surface area (TPSA) is 15.3 Å². The zero-order valence-electron chi connectivity index (χ0n) is 14.2. The molecule has 0 aromatic heterocycles. The van der Waals surface area contributed by atoms with Crippen molar-refractivity contribution >= 4 is 5.69 Å². The average molecular weight is 276 g/mol. The predicted molar refractivity (Wildman–Crippen MR) is 90.6 cm³/mol. The summed E-state index contributed by atoms with van der Waals surface area (Å²) < 4.78 is 0. The number of para-hydroxylation sites is 1. The lowest BCUT2D eigenvalue weighted by Gasteiger charge is -2.37. The summed E-state index contributed by atoms with van der Waals surface area (Å²) in [5, 5.41) is 3.72. The van der Waals surface area contributed by atoms with Crippen LogP contribution in [0.2, 0.25) is 0 Å². The maximum Gasteiger partial charge on any atom is 0.0396 e. The van der Waals surface area contributed by atoms with Gasteiger partial charge < -0.3 is 10.2 Å². The van der Waals surface area contributed by atoms with Gasteiger partial charge in [-0.3, -0.25) is 0 Å². The zero-order valence-corrected chi connectivity index (χ0v) is 14.2. The largest absolute Gasteiger partial charge is 0.370 e. The molecule has 1 aromatic rings. The van der Waals surface area contributed by atoms with Gasteiger partial charge in [0.05, 0.1) is 0 Å². The van der Waals surface area contributed by atoms with E-state index in [0.29, 0.717) is 6.04 Å². The van der Waals surface area contributed by atoms with E-state index in [-0.39, 0.29) is 5.41 Å². The number of benzene rings is 1. The molecular formula is C18H32N2. The Balaban J connectivity index is 2.86. The van der Waals surface area contributed by atoms with Gasteiger partial charge in [-0.2, -0.15) is 0 Å². The fourth-order valence-electron chi connectivity index (χ4n) is 2.50. The van der Waals surface area contributed by atoms with Crippen LogP contribution in [-0.4, -0.2) is 25.7 Å². The lowest BCUT2D eigenvalue weighted by molar-refractivity contribution is 0.270. The highest BCUT2D eigenvalue weighted by molar-refractivity contribution is 5.53. The normalized spacial score (nSPS) is 13.3. The summed E-state index contributed by atoms with van der Waals surface area (Å²) in [6, 6.07) is 9.18. The van der Waals surface area contributed by atoms with Gasteiger partial charge in [0.25, 0.3) is 0 Å². The molecule has 0 spiro atoms. The molecule has 0 radical (unpaired) electrons. The number of anilines is 1. The number of likely N-dealkylation sites (N-methyl/N-ethyl adjacent to an activating group) is 1. The van der Waals surface area contributed by atoms with Crippen molar-refractivity contribution in [3.8, 4) is 0 Å². The van der Waals surface area contributed by atoms with Crippen molar-refractivity contribution in [2.45, 2.75) is 54.0 Å². The van der Waals surface area contributed by atoms with Crippen molar-refractivity contribution < 1.29 is 0 Å². The highest BCUT2D eigenvalue weighted by atomic mass is 15.2. The first-order chi connectivity index (χ1) is 9.40. The van der Waals surface area contributed by atoms with Gasteiger partial charge in [-0.25, -0.2) is 0 Å². The van der Waals surface area contributed by atoms with Crippen molar-refractivity contribution in [2.24, 2.45) is 5.41 Å². The molecule has 0 fully saturated rings. The molecule has 0 aliphatic carbocycles. The summed E-state index contributed by atoms with van der Waals surface area (Å²) in [6.07, 6.45) is 1.18. The molecule has 0 saturated heterocycles. The quantitative estimate of drug-likeness (QED) is 0.801. The Morgan fingerprint density at radius 3 is 2.30 bits per heavy atom. The minimum absolute atomic E-state index is 0.269. The van der Waals surface area contributed by atoms with Crippen molar-refractivity contribution in [2.75, 3.05) is 24.5 Å². The Morgan fingerprint density at radius 2 is 1.80 bits per heavy atom. The molecule has 1 N–H and O–H groups in total. The first-order valence-electron chi connectivity index (χ1n) is 7.94. The standard InChI is InChI=1S/C18H32N2/c1-7-13-19-17(18(4,5)6)14-20(8-2)16-12-10-9-11-15(16)3/h9-12,17,19H,7-8,13-14H2,1-6H3. The zero-order chi connectivity index (χ0) is 15.2. The summed E-state index contributed by atoms with van der Waals surface area (Å²) in [5.74, 6) is 0. The van der Waals surface area contributed by atoms with Crippen LogP contribution in [0.15, 0.2) is 24.3 Å². The van der Waals surface area contributed by atoms with Gasteiger partial charge in [-0.15, -0.1) is 0 Å². The van der Waals surface area contributed by atoms with Crippen LogP contribution < -0.4 is 10.2 Å². The van der Waals surface area contributed by atoms with Crippen LogP contribution in [0.1, 0.15) is 46.6 Å². The van der Waals surface area contributed by atoms with E-state index in [0.717, 1.165) is 19.6 Å². The van der Waals surface area contributed by atoms with Gasteiger partial charge in [0.15, 0.2) is 0 Å². The number of hydrogen-bond acceptors (Lipinski definition) is 2. The second-order valence-electron chi connectivity index (χ2n) is 6.70. The minimum Gasteiger partial charge on any atom is -0.370 e. The van der Waals surface area contributed by atoms with Crippen LogP contribution in [0, 0.1) is 12.3 Å². The van der Waals surface area contributed by atoms with Gasteiger partial charge in [-0.1, -0.05) is 45.9 Å². The summed E-state index contributed by atoms with van der Waals surface area (Å²) in [5.41, 5.74) is 2.99. The van der Waals surface area contributed by atoms with E-state index in [1.807, 2.05) is 0 Å². The first-order valence-corrected chi connectivity index (χ1v) is 7.94. The average Bonchev–Trinajstić information content (AvgIpc) is 2.39. The Bertz CT molecular complexity index is 393. The number of rotatable bonds is 7. The van der Waals surface area contributed by atoms with E-state index in [1.54, 1.807) is 0 Å². The molecule has 0 aliphatic heterocycles. The van der Waals surface area contributed by atoms with E-state index in [2.05, 4.69) is 76.0 Å². The predicted octanol–water partition coefficient (Wildman–Crippen LogP) is 4.24. The van der Waals surface area contributed by atoms with E-state index >= 15 is 0 Å². The summed E-state index contributed by atoms with van der Waals surface area (Å²) in [4.78, 5) is 2.49. The Kier molecular flexibility index (Phi) is 6.54. The molecule has 0 saturated carbocycles. The van der Waals surface area contributed by atoms with E-state index in [9.17, 15) is 0 Å². The number of nitrogens with one attached hydrogen (secondary N) is 1. The highest BCUT2D eigenvalue weighted by Crippen LogP contribution is 2.24. The third-order valence-electron chi connectivity index (χ3n) is 3.93. The van der Waals surface area contributed by atoms with Crippen LogP contribution in [0.25, 0.3) is 0 Å². The number of aryl methyl sites for hydroxylation is 1. The Morgan fingerprint density at radius 1 is 1.15 bits per heavy atom. The molecule has 0 heterocycles. The molecule has 1 aromatic carbocycles. The van der Waals surface area contributed by atoms with Gasteiger partial charge in [0.2, 0.25) is 0 Å². The maximum absolute atomic E-state index is 3.72. The van der Waals surface area contributed by atoms with Crippen LogP contribution in [0.4, 0.5) is 5.69 Å². The lowest BCUT2D eigenvalue weighted by atomic mass is 9.86. The Labute approximate surface area is 125 Å². The molecule has 2 nitrogen and oxygen atoms in total. The fourth-order valence-corrected chi connectivity index (χ4v) is 2.50. The Hall–Kier alpha value is -1.02. The summed E-state index contributed by atoms with van der Waals surface area (Å²) in [7, 11) is 0. The molecule has 1 unspecified atom stereocenters. The number of nitrogens with zero attached hydrogens (tertiary/aromatic N) is 1. The van der Waals surface area contributed by atoms with Crippen molar-refractivity contribution in [1.29, 1.82) is 0 Å². The lowest BCUT2D eigenvalue weighted by Crippen LogP contribution is -2.49. The SMILES string of the molecule is CCCNC(CN(CC)c1ccccc1C)C(C)(C)C. The van der Waals surface area contributed by atoms with Crippen LogP contribution in [0.3, 0.4) is 0 Å². The van der Waals surface area contributed by atoms with Crippen LogP contribution in [-0.2, 0) is 0 Å². The minimum atomic E-state index is 0.269. The highest BCUT2D eigenvalue weighted by Gasteiger charge is 2.26. The van der Waals surface area contributed by atoms with Gasteiger partial charge in [0, 0.05) is 24.8 Å². The van der Waals surface area contributed by atoms with Crippen LogP contribution >= 0.6 is 0 Å². The maximum atomic E-state index is 3.72. The van der Waals surface area contributed by atoms with Gasteiger partial charge >= 0.3 is 0 Å². The van der Waals surface area contributed by atoms with Crippen molar-refractivity contribution in [3.63, 3.8) is 0 Å². The van der Waals surface area contributed by atoms with Crippen molar-refractivity contribution in [1.82, 2.24) is 5.32 Å². The molecule has 1 atom stereocenters. The van der Waals surface area contributed by atoms with E-state index in [1.165, 1.54) is 17.7 Å². The molecular weight excluding hydrogens is 244 g/mol. The molecule has 0 aliphatic rings. The summed E-state index contributed by atoms with van der Waals surface area (Å²) >= 11 is 0. The smallest absolute Gasteiger partial charge is 0.0396 e. The second-order valence-corrected chi connectivity index (χ2v) is 6.70.